The zero-order valence-corrected chi connectivity index (χ0v) is 14.3. The Morgan fingerprint density at radius 2 is 1.80 bits per heavy atom. The SMILES string of the molecule is COc1ccc2cc([C@@H](C)C(=O)NCc3ccccc3F)ccc2c1. The smallest absolute Gasteiger partial charge is 0.227 e. The molecule has 0 heterocycles. The summed E-state index contributed by atoms with van der Waals surface area (Å²) in [5, 5.41) is 4.91. The molecule has 3 rings (SSSR count). The van der Waals surface area contributed by atoms with E-state index >= 15 is 0 Å². The van der Waals surface area contributed by atoms with Gasteiger partial charge in [-0.2, -0.15) is 0 Å². The second-order valence-corrected chi connectivity index (χ2v) is 6.00. The van der Waals surface area contributed by atoms with Gasteiger partial charge in [0.15, 0.2) is 0 Å². The van der Waals surface area contributed by atoms with Crippen molar-refractivity contribution in [2.24, 2.45) is 0 Å². The fraction of sp³-hybridized carbons (Fsp3) is 0.190. The molecule has 0 unspecified atom stereocenters. The fourth-order valence-corrected chi connectivity index (χ4v) is 2.77. The van der Waals surface area contributed by atoms with Crippen molar-refractivity contribution < 1.29 is 13.9 Å². The summed E-state index contributed by atoms with van der Waals surface area (Å²) in [4.78, 5) is 12.4. The van der Waals surface area contributed by atoms with Crippen LogP contribution in [-0.4, -0.2) is 13.0 Å². The number of hydrogen-bond acceptors (Lipinski definition) is 2. The number of halogens is 1. The third-order valence-electron chi connectivity index (χ3n) is 4.38. The van der Waals surface area contributed by atoms with Gasteiger partial charge in [0.2, 0.25) is 5.91 Å². The van der Waals surface area contributed by atoms with Crippen molar-refractivity contribution in [1.82, 2.24) is 5.32 Å². The minimum absolute atomic E-state index is 0.129. The van der Waals surface area contributed by atoms with Crippen LogP contribution in [0.1, 0.15) is 24.0 Å². The Labute approximate surface area is 146 Å². The van der Waals surface area contributed by atoms with Gasteiger partial charge in [0, 0.05) is 12.1 Å². The number of nitrogens with one attached hydrogen (secondary N) is 1. The number of rotatable bonds is 5. The van der Waals surface area contributed by atoms with E-state index in [-0.39, 0.29) is 24.2 Å². The largest absolute Gasteiger partial charge is 0.497 e. The Morgan fingerprint density at radius 1 is 1.08 bits per heavy atom. The molecule has 0 saturated heterocycles. The molecule has 0 radical (unpaired) electrons. The monoisotopic (exact) mass is 337 g/mol. The van der Waals surface area contributed by atoms with Gasteiger partial charge in [-0.05, 0) is 41.5 Å². The van der Waals surface area contributed by atoms with Gasteiger partial charge in [-0.1, -0.05) is 42.5 Å². The topological polar surface area (TPSA) is 38.3 Å². The van der Waals surface area contributed by atoms with Gasteiger partial charge in [0.05, 0.1) is 13.0 Å². The molecule has 0 aliphatic carbocycles. The van der Waals surface area contributed by atoms with Crippen molar-refractivity contribution in [2.45, 2.75) is 19.4 Å². The standard InChI is InChI=1S/C21H20FNO2/c1-14(21(24)23-13-18-5-3-4-6-20(18)22)15-7-8-17-12-19(25-2)10-9-16(17)11-15/h3-12,14H,13H2,1-2H3,(H,23,24)/t14-/m1/s1. The van der Waals surface area contributed by atoms with Crippen LogP contribution in [0.4, 0.5) is 4.39 Å². The summed E-state index contributed by atoms with van der Waals surface area (Å²) >= 11 is 0. The third-order valence-corrected chi connectivity index (χ3v) is 4.38. The van der Waals surface area contributed by atoms with Gasteiger partial charge >= 0.3 is 0 Å². The van der Waals surface area contributed by atoms with E-state index in [2.05, 4.69) is 5.32 Å². The van der Waals surface area contributed by atoms with Crippen LogP contribution >= 0.6 is 0 Å². The maximum absolute atomic E-state index is 13.6. The van der Waals surface area contributed by atoms with Gasteiger partial charge < -0.3 is 10.1 Å². The molecule has 0 aliphatic rings. The number of hydrogen-bond donors (Lipinski definition) is 1. The summed E-state index contributed by atoms with van der Waals surface area (Å²) in [5.74, 6) is 0.0421. The molecule has 0 saturated carbocycles. The van der Waals surface area contributed by atoms with E-state index in [9.17, 15) is 9.18 Å². The molecule has 0 aromatic heterocycles. The van der Waals surface area contributed by atoms with Crippen LogP contribution in [0.2, 0.25) is 0 Å². The fourth-order valence-electron chi connectivity index (χ4n) is 2.77. The van der Waals surface area contributed by atoms with Crippen LogP contribution in [0.3, 0.4) is 0 Å². The van der Waals surface area contributed by atoms with Gasteiger partial charge in [-0.25, -0.2) is 4.39 Å². The van der Waals surface area contributed by atoms with Crippen LogP contribution in [0.5, 0.6) is 5.75 Å². The molecule has 1 N–H and O–H groups in total. The second kappa shape index (κ2) is 7.34. The Bertz CT molecular complexity index is 907. The van der Waals surface area contributed by atoms with E-state index in [1.165, 1.54) is 6.07 Å². The van der Waals surface area contributed by atoms with E-state index < -0.39 is 0 Å². The van der Waals surface area contributed by atoms with Crippen molar-refractivity contribution in [3.05, 3.63) is 77.6 Å². The maximum Gasteiger partial charge on any atom is 0.227 e. The lowest BCUT2D eigenvalue weighted by Gasteiger charge is -2.14. The summed E-state index contributed by atoms with van der Waals surface area (Å²) in [7, 11) is 1.64. The zero-order valence-electron chi connectivity index (χ0n) is 14.3. The van der Waals surface area contributed by atoms with Crippen LogP contribution in [0.25, 0.3) is 10.8 Å². The lowest BCUT2D eigenvalue weighted by molar-refractivity contribution is -0.122. The molecule has 3 aromatic rings. The summed E-state index contributed by atoms with van der Waals surface area (Å²) in [5.41, 5.74) is 1.40. The van der Waals surface area contributed by atoms with Gasteiger partial charge in [-0.3, -0.25) is 4.79 Å². The summed E-state index contributed by atoms with van der Waals surface area (Å²) in [6, 6.07) is 18.2. The Hall–Kier alpha value is -2.88. The summed E-state index contributed by atoms with van der Waals surface area (Å²) < 4.78 is 18.9. The van der Waals surface area contributed by atoms with Crippen molar-refractivity contribution in [2.75, 3.05) is 7.11 Å². The predicted octanol–water partition coefficient (Wildman–Crippen LogP) is 4.41. The van der Waals surface area contributed by atoms with E-state index in [1.54, 1.807) is 25.3 Å². The number of amides is 1. The number of fused-ring (bicyclic) bond motifs is 1. The number of benzene rings is 3. The van der Waals surface area contributed by atoms with Gasteiger partial charge in [0.1, 0.15) is 11.6 Å². The summed E-state index contributed by atoms with van der Waals surface area (Å²) in [6.45, 7) is 2.03. The van der Waals surface area contributed by atoms with Crippen LogP contribution < -0.4 is 10.1 Å². The van der Waals surface area contributed by atoms with Crippen molar-refractivity contribution in [1.29, 1.82) is 0 Å². The first-order valence-electron chi connectivity index (χ1n) is 8.17. The van der Waals surface area contributed by atoms with Crippen molar-refractivity contribution in [3.8, 4) is 5.75 Å². The Balaban J connectivity index is 1.73. The van der Waals surface area contributed by atoms with Crippen LogP contribution in [0, 0.1) is 5.82 Å². The minimum Gasteiger partial charge on any atom is -0.497 e. The molecule has 0 bridgehead atoms. The number of methoxy groups -OCH3 is 1. The molecule has 0 spiro atoms. The van der Waals surface area contributed by atoms with E-state index in [4.69, 9.17) is 4.74 Å². The Kier molecular flexibility index (Phi) is 4.98. The molecule has 3 nitrogen and oxygen atoms in total. The predicted molar refractivity (Wildman–Crippen MR) is 97.2 cm³/mol. The first-order valence-corrected chi connectivity index (χ1v) is 8.17. The first-order chi connectivity index (χ1) is 12.1. The quantitative estimate of drug-likeness (QED) is 0.749. The van der Waals surface area contributed by atoms with Crippen LogP contribution in [-0.2, 0) is 11.3 Å². The van der Waals surface area contributed by atoms with Crippen molar-refractivity contribution in [3.63, 3.8) is 0 Å². The first kappa shape index (κ1) is 17.0. The number of carbonyl (C=O) groups excluding carboxylic acids is 1. The number of carbonyl (C=O) groups is 1. The molecule has 128 valence electrons. The highest BCUT2D eigenvalue weighted by atomic mass is 19.1. The molecule has 1 atom stereocenters. The van der Waals surface area contributed by atoms with Gasteiger partial charge in [0.25, 0.3) is 0 Å². The molecule has 4 heteroatoms. The highest BCUT2D eigenvalue weighted by Gasteiger charge is 2.16. The van der Waals surface area contributed by atoms with Crippen LogP contribution in [0.15, 0.2) is 60.7 Å². The normalized spacial score (nSPS) is 12.0. The second-order valence-electron chi connectivity index (χ2n) is 6.00. The maximum atomic E-state index is 13.6. The molecule has 25 heavy (non-hydrogen) atoms. The van der Waals surface area contributed by atoms with E-state index in [0.717, 1.165) is 22.1 Å². The van der Waals surface area contributed by atoms with Crippen molar-refractivity contribution >= 4 is 16.7 Å². The Morgan fingerprint density at radius 3 is 2.56 bits per heavy atom. The average molecular weight is 337 g/mol. The molecule has 1 amide bonds. The lowest BCUT2D eigenvalue weighted by atomic mass is 9.97. The third kappa shape index (κ3) is 3.79. The van der Waals surface area contributed by atoms with E-state index in [1.807, 2.05) is 43.3 Å². The molecular formula is C21H20FNO2. The van der Waals surface area contributed by atoms with Gasteiger partial charge in [-0.15, -0.1) is 0 Å². The molecule has 0 fully saturated rings. The molecular weight excluding hydrogens is 317 g/mol. The zero-order chi connectivity index (χ0) is 17.8. The number of ether oxygens (including phenoxy) is 1. The molecule has 3 aromatic carbocycles. The molecule has 0 aliphatic heterocycles. The average Bonchev–Trinajstić information content (AvgIpc) is 2.65. The highest BCUT2D eigenvalue weighted by Crippen LogP contribution is 2.25. The summed E-state index contributed by atoms with van der Waals surface area (Å²) in [6.07, 6.45) is 0. The lowest BCUT2D eigenvalue weighted by Crippen LogP contribution is -2.27. The van der Waals surface area contributed by atoms with E-state index in [0.29, 0.717) is 5.56 Å². The highest BCUT2D eigenvalue weighted by molar-refractivity contribution is 5.88. The minimum atomic E-state index is -0.321.